The summed E-state index contributed by atoms with van der Waals surface area (Å²) < 4.78 is 41.5. The monoisotopic (exact) mass is 502 g/mol. The fourth-order valence-electron chi connectivity index (χ4n) is 6.43. The lowest BCUT2D eigenvalue weighted by Crippen LogP contribution is -2.41. The molecule has 1 aliphatic carbocycles. The van der Waals surface area contributed by atoms with Gasteiger partial charge in [-0.05, 0) is 73.4 Å². The number of anilines is 2. The summed E-state index contributed by atoms with van der Waals surface area (Å²) in [7, 11) is 0. The zero-order chi connectivity index (χ0) is 24.2. The lowest BCUT2D eigenvalue weighted by atomic mass is 9.97. The largest absolute Gasteiger partial charge is 0.416 e. The van der Waals surface area contributed by atoms with Crippen LogP contribution in [-0.4, -0.2) is 49.7 Å². The molecule has 188 valence electrons. The van der Waals surface area contributed by atoms with Gasteiger partial charge in [-0.15, -0.1) is 0 Å². The predicted molar refractivity (Wildman–Crippen MR) is 135 cm³/mol. The van der Waals surface area contributed by atoms with Crippen LogP contribution in [0.1, 0.15) is 48.8 Å². The Balaban J connectivity index is 1.27. The van der Waals surface area contributed by atoms with Gasteiger partial charge in [-0.1, -0.05) is 17.8 Å². The first-order chi connectivity index (χ1) is 16.9. The van der Waals surface area contributed by atoms with Crippen molar-refractivity contribution in [1.82, 2.24) is 4.90 Å². The lowest BCUT2D eigenvalue weighted by Gasteiger charge is -2.34. The Morgan fingerprint density at radius 1 is 1.03 bits per heavy atom. The molecular formula is C27H33F3N4S. The second-order valence-corrected chi connectivity index (χ2v) is 11.7. The van der Waals surface area contributed by atoms with Gasteiger partial charge in [0.1, 0.15) is 0 Å². The molecule has 2 aromatic rings. The van der Waals surface area contributed by atoms with E-state index in [2.05, 4.69) is 33.3 Å². The van der Waals surface area contributed by atoms with Gasteiger partial charge in [-0.25, -0.2) is 0 Å². The van der Waals surface area contributed by atoms with Crippen LogP contribution in [0.15, 0.2) is 40.1 Å². The van der Waals surface area contributed by atoms with E-state index < -0.39 is 11.7 Å². The molecule has 4 nitrogen and oxygen atoms in total. The average Bonchev–Trinajstić information content (AvgIpc) is 3.47. The zero-order valence-electron chi connectivity index (χ0n) is 19.9. The molecule has 0 amide bonds. The number of likely N-dealkylation sites (tertiary alicyclic amines) is 1. The maximum Gasteiger partial charge on any atom is 0.416 e. The van der Waals surface area contributed by atoms with Crippen LogP contribution in [0.25, 0.3) is 0 Å². The third-order valence-corrected chi connectivity index (χ3v) is 9.49. The van der Waals surface area contributed by atoms with Crippen LogP contribution in [0, 0.1) is 5.92 Å². The van der Waals surface area contributed by atoms with E-state index in [4.69, 9.17) is 5.73 Å². The molecule has 6 rings (SSSR count). The number of halogens is 3. The van der Waals surface area contributed by atoms with Gasteiger partial charge in [0.15, 0.2) is 0 Å². The summed E-state index contributed by atoms with van der Waals surface area (Å²) in [5, 5.41) is 3.51. The summed E-state index contributed by atoms with van der Waals surface area (Å²) in [6, 6.07) is 10.1. The SMILES string of the molecule is NCCN1CCC(Nc2cc(C(F)(F)F)cc3c2Cc2ccc(N4CC5CCC4C5)cc2S3)CC1. The summed E-state index contributed by atoms with van der Waals surface area (Å²) in [5.74, 6) is 0.801. The predicted octanol–water partition coefficient (Wildman–Crippen LogP) is 5.58. The fraction of sp³-hybridized carbons (Fsp3) is 0.556. The Hall–Kier alpha value is -1.90. The third-order valence-electron chi connectivity index (χ3n) is 8.31. The molecule has 2 atom stereocenters. The molecule has 3 N–H and O–H groups in total. The third kappa shape index (κ3) is 4.65. The molecule has 2 saturated heterocycles. The van der Waals surface area contributed by atoms with Crippen LogP contribution in [0.4, 0.5) is 24.5 Å². The van der Waals surface area contributed by atoms with Gasteiger partial charge in [0.05, 0.1) is 5.56 Å². The number of piperidine rings is 2. The fourth-order valence-corrected chi connectivity index (χ4v) is 7.61. The normalized spacial score (nSPS) is 24.5. The Bertz CT molecular complexity index is 1100. The quantitative estimate of drug-likeness (QED) is 0.477. The summed E-state index contributed by atoms with van der Waals surface area (Å²) in [5.41, 5.74) is 9.18. The van der Waals surface area contributed by atoms with Crippen LogP contribution < -0.4 is 16.0 Å². The van der Waals surface area contributed by atoms with Crippen molar-refractivity contribution in [3.63, 3.8) is 0 Å². The minimum atomic E-state index is -4.37. The topological polar surface area (TPSA) is 44.5 Å². The second kappa shape index (κ2) is 9.20. The minimum absolute atomic E-state index is 0.177. The Morgan fingerprint density at radius 2 is 1.86 bits per heavy atom. The van der Waals surface area contributed by atoms with Crippen LogP contribution in [0.3, 0.4) is 0 Å². The van der Waals surface area contributed by atoms with Crippen molar-refractivity contribution >= 4 is 23.1 Å². The van der Waals surface area contributed by atoms with Crippen molar-refractivity contribution < 1.29 is 13.2 Å². The van der Waals surface area contributed by atoms with E-state index in [1.54, 1.807) is 0 Å². The number of nitrogens with two attached hydrogens (primary N) is 1. The number of benzene rings is 2. The number of fused-ring (bicyclic) bond motifs is 4. The molecular weight excluding hydrogens is 469 g/mol. The first kappa shape index (κ1) is 23.5. The summed E-state index contributed by atoms with van der Waals surface area (Å²) in [6.07, 6.45) is 1.99. The molecule has 0 spiro atoms. The molecule has 0 radical (unpaired) electrons. The molecule has 4 aliphatic rings. The number of hydrogen-bond acceptors (Lipinski definition) is 5. The molecule has 2 bridgehead atoms. The second-order valence-electron chi connectivity index (χ2n) is 10.6. The first-order valence-corrected chi connectivity index (χ1v) is 13.7. The zero-order valence-corrected chi connectivity index (χ0v) is 20.7. The molecule has 3 aliphatic heterocycles. The highest BCUT2D eigenvalue weighted by atomic mass is 32.2. The highest BCUT2D eigenvalue weighted by Gasteiger charge is 2.38. The highest BCUT2D eigenvalue weighted by molar-refractivity contribution is 7.99. The van der Waals surface area contributed by atoms with Crippen molar-refractivity contribution in [1.29, 1.82) is 0 Å². The maximum atomic E-state index is 13.8. The molecule has 8 heteroatoms. The average molecular weight is 503 g/mol. The van der Waals surface area contributed by atoms with Gasteiger partial charge in [-0.2, -0.15) is 13.2 Å². The van der Waals surface area contributed by atoms with Gasteiger partial charge >= 0.3 is 6.18 Å². The van der Waals surface area contributed by atoms with E-state index in [9.17, 15) is 13.2 Å². The van der Waals surface area contributed by atoms with E-state index >= 15 is 0 Å². The van der Waals surface area contributed by atoms with Crippen LogP contribution in [0.2, 0.25) is 0 Å². The molecule has 3 heterocycles. The van der Waals surface area contributed by atoms with Gasteiger partial charge in [0.25, 0.3) is 0 Å². The van der Waals surface area contributed by atoms with E-state index in [0.717, 1.165) is 60.3 Å². The van der Waals surface area contributed by atoms with Crippen LogP contribution in [-0.2, 0) is 12.6 Å². The van der Waals surface area contributed by atoms with Gasteiger partial charge in [-0.3, -0.25) is 0 Å². The minimum Gasteiger partial charge on any atom is -0.382 e. The van der Waals surface area contributed by atoms with Crippen LogP contribution >= 0.6 is 11.8 Å². The van der Waals surface area contributed by atoms with E-state index in [0.29, 0.717) is 24.7 Å². The Kier molecular flexibility index (Phi) is 6.17. The molecule has 2 aromatic carbocycles. The number of alkyl halides is 3. The molecule has 1 saturated carbocycles. The molecule has 0 aromatic heterocycles. The van der Waals surface area contributed by atoms with Crippen molar-refractivity contribution in [2.45, 2.75) is 66.6 Å². The van der Waals surface area contributed by atoms with Gasteiger partial charge < -0.3 is 20.9 Å². The Morgan fingerprint density at radius 3 is 2.54 bits per heavy atom. The van der Waals surface area contributed by atoms with Crippen LogP contribution in [0.5, 0.6) is 0 Å². The van der Waals surface area contributed by atoms with Crippen molar-refractivity contribution in [3.05, 3.63) is 47.0 Å². The number of hydrogen-bond donors (Lipinski definition) is 2. The van der Waals surface area contributed by atoms with Crippen molar-refractivity contribution in [2.24, 2.45) is 11.7 Å². The molecule has 35 heavy (non-hydrogen) atoms. The molecule has 3 fully saturated rings. The van der Waals surface area contributed by atoms with E-state index in [1.807, 2.05) is 0 Å². The van der Waals surface area contributed by atoms with Gasteiger partial charge in [0.2, 0.25) is 0 Å². The van der Waals surface area contributed by atoms with E-state index in [1.165, 1.54) is 54.4 Å². The summed E-state index contributed by atoms with van der Waals surface area (Å²) in [4.78, 5) is 6.67. The number of nitrogens with one attached hydrogen (secondary N) is 1. The number of nitrogens with zero attached hydrogens (tertiary/aromatic N) is 2. The number of rotatable bonds is 5. The van der Waals surface area contributed by atoms with Gasteiger partial charge in [0, 0.05) is 72.4 Å². The smallest absolute Gasteiger partial charge is 0.382 e. The van der Waals surface area contributed by atoms with Crippen molar-refractivity contribution in [3.8, 4) is 0 Å². The highest BCUT2D eigenvalue weighted by Crippen LogP contribution is 2.48. The van der Waals surface area contributed by atoms with E-state index in [-0.39, 0.29) is 6.04 Å². The standard InChI is InChI=1S/C27H33F3N4S/c28-27(29,30)19-13-24(32-20-5-8-33(9-6-20)10-7-31)23-12-18-2-4-22(15-25(18)35-26(23)14-19)34-16-17-1-3-21(34)11-17/h2,4,13-15,17,20-21,32H,1,3,5-12,16,31H2. The lowest BCUT2D eigenvalue weighted by molar-refractivity contribution is -0.137. The Labute approximate surface area is 209 Å². The maximum absolute atomic E-state index is 13.8. The summed E-state index contributed by atoms with van der Waals surface area (Å²) >= 11 is 1.50. The first-order valence-electron chi connectivity index (χ1n) is 12.9. The van der Waals surface area contributed by atoms with Crippen molar-refractivity contribution in [2.75, 3.05) is 42.9 Å². The summed E-state index contributed by atoms with van der Waals surface area (Å²) in [6.45, 7) is 4.47. The molecule has 2 unspecified atom stereocenters.